The van der Waals surface area contributed by atoms with Crippen LogP contribution in [0.2, 0.25) is 0 Å². The van der Waals surface area contributed by atoms with Crippen molar-refractivity contribution in [3.8, 4) is 17.3 Å². The van der Waals surface area contributed by atoms with Crippen LogP contribution in [-0.4, -0.2) is 17.7 Å². The molecule has 0 aliphatic rings. The van der Waals surface area contributed by atoms with Crippen LogP contribution in [-0.2, 0) is 4.79 Å². The molecule has 3 aromatic rings. The second-order valence-electron chi connectivity index (χ2n) is 4.75. The van der Waals surface area contributed by atoms with Gasteiger partial charge in [-0.1, -0.05) is 6.07 Å². The largest absolute Gasteiger partial charge is 0.479 e. The van der Waals surface area contributed by atoms with Crippen LogP contribution in [0.1, 0.15) is 5.56 Å². The smallest absolute Gasteiger partial charge is 0.341 e. The van der Waals surface area contributed by atoms with E-state index in [9.17, 15) is 9.59 Å². The van der Waals surface area contributed by atoms with E-state index in [-0.39, 0.29) is 11.5 Å². The van der Waals surface area contributed by atoms with E-state index in [1.165, 1.54) is 6.26 Å². The highest BCUT2D eigenvalue weighted by molar-refractivity contribution is 5.82. The number of rotatable bonds is 4. The van der Waals surface area contributed by atoms with E-state index in [4.69, 9.17) is 18.7 Å². The summed E-state index contributed by atoms with van der Waals surface area (Å²) < 4.78 is 16.1. The minimum atomic E-state index is -1.19. The van der Waals surface area contributed by atoms with Gasteiger partial charge in [-0.3, -0.25) is 4.79 Å². The number of fused-ring (bicyclic) bond motifs is 1. The van der Waals surface area contributed by atoms with Crippen LogP contribution in [0.3, 0.4) is 0 Å². The maximum atomic E-state index is 12.5. The van der Waals surface area contributed by atoms with Crippen LogP contribution in [0.25, 0.3) is 22.5 Å². The second kappa shape index (κ2) is 5.40. The van der Waals surface area contributed by atoms with Gasteiger partial charge in [0, 0.05) is 0 Å². The number of ether oxygens (including phenoxy) is 1. The molecular weight excluding hydrogens is 288 g/mol. The lowest BCUT2D eigenvalue weighted by molar-refractivity contribution is -0.139. The molecular formula is C16H12O6. The van der Waals surface area contributed by atoms with Crippen molar-refractivity contribution < 1.29 is 23.5 Å². The first-order chi connectivity index (χ1) is 10.6. The zero-order chi connectivity index (χ0) is 15.7. The minimum Gasteiger partial charge on any atom is -0.479 e. The lowest BCUT2D eigenvalue weighted by Gasteiger charge is -2.09. The van der Waals surface area contributed by atoms with Crippen molar-refractivity contribution in [2.75, 3.05) is 6.61 Å². The second-order valence-corrected chi connectivity index (χ2v) is 4.75. The average Bonchev–Trinajstić information content (AvgIpc) is 2.99. The zero-order valence-corrected chi connectivity index (χ0v) is 11.7. The Morgan fingerprint density at radius 1 is 1.32 bits per heavy atom. The minimum absolute atomic E-state index is 0.0781. The summed E-state index contributed by atoms with van der Waals surface area (Å²) >= 11 is 0. The van der Waals surface area contributed by atoms with Crippen molar-refractivity contribution in [1.82, 2.24) is 0 Å². The van der Waals surface area contributed by atoms with Gasteiger partial charge in [0.2, 0.25) is 16.9 Å². The molecule has 0 amide bonds. The van der Waals surface area contributed by atoms with E-state index in [0.29, 0.717) is 16.7 Å². The maximum absolute atomic E-state index is 12.5. The molecule has 0 spiro atoms. The standard InChI is InChI=1S/C16H12O6/c1-9-4-5-10-12(7-9)22-15(11-3-2-6-20-11)16(14(10)19)21-8-13(17)18/h2-7H,8H2,1H3,(H,17,18). The molecule has 112 valence electrons. The summed E-state index contributed by atoms with van der Waals surface area (Å²) in [6.07, 6.45) is 1.43. The normalized spacial score (nSPS) is 10.8. The van der Waals surface area contributed by atoms with Crippen LogP contribution < -0.4 is 10.2 Å². The predicted octanol–water partition coefficient (Wildman–Crippen LogP) is 2.82. The molecule has 6 nitrogen and oxygen atoms in total. The molecule has 22 heavy (non-hydrogen) atoms. The van der Waals surface area contributed by atoms with Gasteiger partial charge in [-0.05, 0) is 36.8 Å². The molecule has 1 aromatic carbocycles. The Morgan fingerprint density at radius 2 is 2.14 bits per heavy atom. The summed E-state index contributed by atoms with van der Waals surface area (Å²) in [5.41, 5.74) is 0.883. The summed E-state index contributed by atoms with van der Waals surface area (Å²) in [5, 5.41) is 9.08. The number of carboxylic acid groups (broad SMARTS) is 1. The SMILES string of the molecule is Cc1ccc2c(=O)c(OCC(=O)O)c(-c3ccco3)oc2c1. The Kier molecular flexibility index (Phi) is 3.42. The molecule has 2 heterocycles. The Morgan fingerprint density at radius 3 is 2.82 bits per heavy atom. The summed E-state index contributed by atoms with van der Waals surface area (Å²) in [6.45, 7) is 1.23. The monoisotopic (exact) mass is 300 g/mol. The fraction of sp³-hybridized carbons (Fsp3) is 0.125. The summed E-state index contributed by atoms with van der Waals surface area (Å²) in [4.78, 5) is 23.3. The van der Waals surface area contributed by atoms with Crippen molar-refractivity contribution in [3.05, 3.63) is 52.4 Å². The van der Waals surface area contributed by atoms with E-state index in [1.807, 2.05) is 6.92 Å². The van der Waals surface area contributed by atoms with Crippen LogP contribution in [0.4, 0.5) is 0 Å². The molecule has 0 unspecified atom stereocenters. The van der Waals surface area contributed by atoms with Crippen molar-refractivity contribution in [1.29, 1.82) is 0 Å². The molecule has 1 N–H and O–H groups in total. The van der Waals surface area contributed by atoms with Crippen LogP contribution in [0.5, 0.6) is 5.75 Å². The fourth-order valence-electron chi connectivity index (χ4n) is 2.12. The van der Waals surface area contributed by atoms with Crippen molar-refractivity contribution in [2.45, 2.75) is 6.92 Å². The number of hydrogen-bond acceptors (Lipinski definition) is 5. The third-order valence-electron chi connectivity index (χ3n) is 3.09. The number of furan rings is 1. The molecule has 0 atom stereocenters. The highest BCUT2D eigenvalue weighted by Gasteiger charge is 2.20. The Labute approximate surface area is 124 Å². The lowest BCUT2D eigenvalue weighted by Crippen LogP contribution is -2.16. The van der Waals surface area contributed by atoms with Crippen molar-refractivity contribution >= 4 is 16.9 Å². The summed E-state index contributed by atoms with van der Waals surface area (Å²) in [5.74, 6) is -0.988. The fourth-order valence-corrected chi connectivity index (χ4v) is 2.12. The van der Waals surface area contributed by atoms with Crippen molar-refractivity contribution in [2.24, 2.45) is 0 Å². The highest BCUT2D eigenvalue weighted by Crippen LogP contribution is 2.31. The molecule has 0 aliphatic carbocycles. The third kappa shape index (κ3) is 2.46. The quantitative estimate of drug-likeness (QED) is 0.796. The summed E-state index contributed by atoms with van der Waals surface area (Å²) in [6, 6.07) is 8.36. The van der Waals surface area contributed by atoms with E-state index in [2.05, 4.69) is 0 Å². The number of hydrogen-bond donors (Lipinski definition) is 1. The molecule has 0 aliphatic heterocycles. The Hall–Kier alpha value is -3.02. The van der Waals surface area contributed by atoms with Gasteiger partial charge in [0.15, 0.2) is 12.4 Å². The average molecular weight is 300 g/mol. The van der Waals surface area contributed by atoms with Gasteiger partial charge in [0.05, 0.1) is 11.6 Å². The number of benzene rings is 1. The zero-order valence-electron chi connectivity index (χ0n) is 11.7. The van der Waals surface area contributed by atoms with Crippen LogP contribution in [0.15, 0.2) is 50.2 Å². The first kappa shape index (κ1) is 13.9. The Bertz CT molecular complexity index is 889. The molecule has 0 bridgehead atoms. The Balaban J connectivity index is 2.27. The van der Waals surface area contributed by atoms with Gasteiger partial charge in [0.25, 0.3) is 0 Å². The molecule has 0 saturated heterocycles. The first-order valence-corrected chi connectivity index (χ1v) is 6.52. The number of aliphatic carboxylic acids is 1. The number of carbonyl (C=O) groups is 1. The van der Waals surface area contributed by atoms with E-state index in [0.717, 1.165) is 5.56 Å². The van der Waals surface area contributed by atoms with Crippen LogP contribution >= 0.6 is 0 Å². The molecule has 2 aromatic heterocycles. The summed E-state index contributed by atoms with van der Waals surface area (Å²) in [7, 11) is 0. The van der Waals surface area contributed by atoms with Gasteiger partial charge in [-0.15, -0.1) is 0 Å². The predicted molar refractivity (Wildman–Crippen MR) is 78.1 cm³/mol. The van der Waals surface area contributed by atoms with E-state index in [1.54, 1.807) is 30.3 Å². The lowest BCUT2D eigenvalue weighted by atomic mass is 10.1. The van der Waals surface area contributed by atoms with Gasteiger partial charge < -0.3 is 18.7 Å². The number of carboxylic acids is 1. The number of aryl methyl sites for hydroxylation is 1. The van der Waals surface area contributed by atoms with Gasteiger partial charge >= 0.3 is 5.97 Å². The van der Waals surface area contributed by atoms with Gasteiger partial charge in [0.1, 0.15) is 5.58 Å². The molecule has 0 saturated carbocycles. The highest BCUT2D eigenvalue weighted by atomic mass is 16.5. The topological polar surface area (TPSA) is 89.9 Å². The van der Waals surface area contributed by atoms with E-state index >= 15 is 0 Å². The van der Waals surface area contributed by atoms with Crippen molar-refractivity contribution in [3.63, 3.8) is 0 Å². The maximum Gasteiger partial charge on any atom is 0.341 e. The molecule has 6 heteroatoms. The molecule has 0 radical (unpaired) electrons. The van der Waals surface area contributed by atoms with Gasteiger partial charge in [-0.25, -0.2) is 4.79 Å². The molecule has 0 fully saturated rings. The first-order valence-electron chi connectivity index (χ1n) is 6.52. The third-order valence-corrected chi connectivity index (χ3v) is 3.09. The van der Waals surface area contributed by atoms with Gasteiger partial charge in [-0.2, -0.15) is 0 Å². The van der Waals surface area contributed by atoms with Crippen LogP contribution in [0, 0.1) is 6.92 Å². The molecule has 3 rings (SSSR count). The van der Waals surface area contributed by atoms with E-state index < -0.39 is 18.0 Å².